The molecule has 4 rings (SSSR count). The van der Waals surface area contributed by atoms with Crippen molar-refractivity contribution in [2.24, 2.45) is 7.05 Å². The number of amides is 2. The van der Waals surface area contributed by atoms with Crippen LogP contribution >= 0.6 is 0 Å². The molecule has 172 valence electrons. The fourth-order valence-corrected chi connectivity index (χ4v) is 4.34. The van der Waals surface area contributed by atoms with E-state index in [1.807, 2.05) is 0 Å². The predicted octanol–water partition coefficient (Wildman–Crippen LogP) is 3.49. The van der Waals surface area contributed by atoms with Gasteiger partial charge in [0, 0.05) is 31.7 Å². The van der Waals surface area contributed by atoms with Crippen LogP contribution in [-0.4, -0.2) is 37.6 Å². The first-order valence-electron chi connectivity index (χ1n) is 11.1. The maximum Gasteiger partial charge on any atom is 0.279 e. The number of nitrogens with zero attached hydrogens (tertiary/aromatic N) is 5. The molecule has 1 unspecified atom stereocenters. The van der Waals surface area contributed by atoms with E-state index in [2.05, 4.69) is 20.4 Å². The van der Waals surface area contributed by atoms with Gasteiger partial charge in [0.05, 0.1) is 17.6 Å². The molecule has 1 saturated carbocycles. The lowest BCUT2D eigenvalue weighted by Gasteiger charge is -2.32. The van der Waals surface area contributed by atoms with Crippen LogP contribution in [0.25, 0.3) is 0 Å². The Morgan fingerprint density at radius 2 is 2.00 bits per heavy atom. The lowest BCUT2D eigenvalue weighted by Crippen LogP contribution is -2.47. The number of benzene rings is 1. The first kappa shape index (κ1) is 22.6. The Morgan fingerprint density at radius 3 is 2.64 bits per heavy atom. The third-order valence-electron chi connectivity index (χ3n) is 5.87. The minimum absolute atomic E-state index is 0.0192. The van der Waals surface area contributed by atoms with Crippen LogP contribution in [0.15, 0.2) is 49.1 Å². The van der Waals surface area contributed by atoms with Gasteiger partial charge in [-0.15, -0.1) is 0 Å². The van der Waals surface area contributed by atoms with Gasteiger partial charge in [0.2, 0.25) is 5.91 Å². The van der Waals surface area contributed by atoms with E-state index in [1.54, 1.807) is 30.9 Å². The summed E-state index contributed by atoms with van der Waals surface area (Å²) in [4.78, 5) is 36.9. The van der Waals surface area contributed by atoms with Gasteiger partial charge in [0.25, 0.3) is 5.91 Å². The molecule has 2 aromatic heterocycles. The minimum Gasteiger partial charge on any atom is -0.351 e. The maximum absolute atomic E-state index is 14.2. The molecule has 0 radical (unpaired) electrons. The molecule has 9 heteroatoms. The van der Waals surface area contributed by atoms with Crippen LogP contribution in [0, 0.1) is 12.7 Å². The summed E-state index contributed by atoms with van der Waals surface area (Å²) >= 11 is 0. The second-order valence-corrected chi connectivity index (χ2v) is 8.34. The summed E-state index contributed by atoms with van der Waals surface area (Å²) in [6.45, 7) is 1.76. The van der Waals surface area contributed by atoms with Gasteiger partial charge in [-0.25, -0.2) is 9.37 Å². The van der Waals surface area contributed by atoms with E-state index < -0.39 is 17.8 Å². The highest BCUT2D eigenvalue weighted by atomic mass is 19.1. The number of hydrogen-bond donors (Lipinski definition) is 1. The number of anilines is 1. The molecule has 3 aromatic rings. The standard InChI is InChI=1S/C24H27FN6O2/c1-16-21(15-30(2)29-16)31(24(33)20-14-26-11-12-27-20)22(17-7-6-8-18(25)13-17)23(32)28-19-9-4-3-5-10-19/h6-8,11-15,19,22H,3-5,9-10H2,1-2H3,(H,28,32). The molecular formula is C24H27FN6O2. The number of rotatable bonds is 6. The SMILES string of the molecule is Cc1nn(C)cc1N(C(=O)c1cnccn1)C(C(=O)NC1CCCCC1)c1cccc(F)c1. The van der Waals surface area contributed by atoms with Crippen molar-refractivity contribution in [3.63, 3.8) is 0 Å². The number of carbonyl (C=O) groups is 2. The summed E-state index contributed by atoms with van der Waals surface area (Å²) in [5.74, 6) is -1.38. The number of halogens is 1. The topological polar surface area (TPSA) is 93.0 Å². The minimum atomic E-state index is -1.11. The molecule has 1 aliphatic carbocycles. The van der Waals surface area contributed by atoms with Gasteiger partial charge in [-0.2, -0.15) is 5.10 Å². The van der Waals surface area contributed by atoms with E-state index in [1.165, 1.54) is 41.7 Å². The molecule has 1 N–H and O–H groups in total. The zero-order valence-electron chi connectivity index (χ0n) is 18.7. The van der Waals surface area contributed by atoms with Crippen molar-refractivity contribution >= 4 is 17.5 Å². The molecule has 8 nitrogen and oxygen atoms in total. The average molecular weight is 451 g/mol. The highest BCUT2D eigenvalue weighted by Gasteiger charge is 2.37. The summed E-state index contributed by atoms with van der Waals surface area (Å²) in [5, 5.41) is 7.46. The van der Waals surface area contributed by atoms with Gasteiger partial charge in [0.15, 0.2) is 0 Å². The van der Waals surface area contributed by atoms with Crippen LogP contribution in [0.2, 0.25) is 0 Å². The quantitative estimate of drug-likeness (QED) is 0.621. The van der Waals surface area contributed by atoms with Gasteiger partial charge in [-0.05, 0) is 37.5 Å². The Hall–Kier alpha value is -3.62. The molecule has 0 spiro atoms. The van der Waals surface area contributed by atoms with Gasteiger partial charge in [-0.3, -0.25) is 24.2 Å². The summed E-state index contributed by atoms with van der Waals surface area (Å²) < 4.78 is 15.8. The number of hydrogen-bond acceptors (Lipinski definition) is 5. The molecular weight excluding hydrogens is 423 g/mol. The van der Waals surface area contributed by atoms with Crippen molar-refractivity contribution in [1.29, 1.82) is 0 Å². The number of aromatic nitrogens is 4. The van der Waals surface area contributed by atoms with Crippen LogP contribution in [0.4, 0.5) is 10.1 Å². The monoisotopic (exact) mass is 450 g/mol. The first-order chi connectivity index (χ1) is 15.9. The zero-order valence-corrected chi connectivity index (χ0v) is 18.7. The molecule has 2 amide bonds. The van der Waals surface area contributed by atoms with Crippen molar-refractivity contribution in [2.45, 2.75) is 51.1 Å². The number of nitrogens with one attached hydrogen (secondary N) is 1. The lowest BCUT2D eigenvalue weighted by molar-refractivity contribution is -0.123. The molecule has 0 bridgehead atoms. The predicted molar refractivity (Wildman–Crippen MR) is 121 cm³/mol. The molecule has 33 heavy (non-hydrogen) atoms. The van der Waals surface area contributed by atoms with Gasteiger partial charge < -0.3 is 5.32 Å². The normalized spacial score (nSPS) is 15.1. The van der Waals surface area contributed by atoms with E-state index in [-0.39, 0.29) is 17.6 Å². The van der Waals surface area contributed by atoms with Crippen molar-refractivity contribution in [3.8, 4) is 0 Å². The second kappa shape index (κ2) is 9.89. The summed E-state index contributed by atoms with van der Waals surface area (Å²) in [6, 6.07) is 4.69. The fourth-order valence-electron chi connectivity index (χ4n) is 4.34. The number of carbonyl (C=O) groups excluding carboxylic acids is 2. The second-order valence-electron chi connectivity index (χ2n) is 8.34. The molecule has 1 aliphatic rings. The van der Waals surface area contributed by atoms with Gasteiger partial charge in [0.1, 0.15) is 17.6 Å². The third kappa shape index (κ3) is 5.08. The summed E-state index contributed by atoms with van der Waals surface area (Å²) in [5.41, 5.74) is 1.44. The highest BCUT2D eigenvalue weighted by molar-refractivity contribution is 6.09. The Labute approximate surface area is 191 Å². The third-order valence-corrected chi connectivity index (χ3v) is 5.87. The number of aryl methyl sites for hydroxylation is 2. The molecule has 2 heterocycles. The van der Waals surface area contributed by atoms with Gasteiger partial charge in [-0.1, -0.05) is 31.4 Å². The maximum atomic E-state index is 14.2. The van der Waals surface area contributed by atoms with Crippen molar-refractivity contribution in [2.75, 3.05) is 4.90 Å². The molecule has 1 aromatic carbocycles. The van der Waals surface area contributed by atoms with Gasteiger partial charge >= 0.3 is 0 Å². The summed E-state index contributed by atoms with van der Waals surface area (Å²) in [6.07, 6.45) is 10.9. The first-order valence-corrected chi connectivity index (χ1v) is 11.1. The molecule has 1 fully saturated rings. The van der Waals surface area contributed by atoms with E-state index in [9.17, 15) is 14.0 Å². The smallest absolute Gasteiger partial charge is 0.279 e. The van der Waals surface area contributed by atoms with Crippen LogP contribution in [0.3, 0.4) is 0 Å². The lowest BCUT2D eigenvalue weighted by atomic mass is 9.94. The Balaban J connectivity index is 1.82. The molecule has 0 aliphatic heterocycles. The zero-order chi connectivity index (χ0) is 23.4. The summed E-state index contributed by atoms with van der Waals surface area (Å²) in [7, 11) is 1.74. The van der Waals surface area contributed by atoms with Crippen molar-refractivity contribution in [3.05, 3.63) is 71.8 Å². The Kier molecular flexibility index (Phi) is 6.76. The Morgan fingerprint density at radius 1 is 1.21 bits per heavy atom. The van der Waals surface area contributed by atoms with E-state index in [0.29, 0.717) is 16.9 Å². The molecule has 1 atom stereocenters. The van der Waals surface area contributed by atoms with Crippen molar-refractivity contribution < 1.29 is 14.0 Å². The average Bonchev–Trinajstić information content (AvgIpc) is 3.15. The van der Waals surface area contributed by atoms with Crippen LogP contribution < -0.4 is 10.2 Å². The highest BCUT2D eigenvalue weighted by Crippen LogP contribution is 2.32. The van der Waals surface area contributed by atoms with E-state index >= 15 is 0 Å². The van der Waals surface area contributed by atoms with E-state index in [0.717, 1.165) is 32.1 Å². The largest absolute Gasteiger partial charge is 0.351 e. The van der Waals surface area contributed by atoms with Crippen LogP contribution in [-0.2, 0) is 11.8 Å². The van der Waals surface area contributed by atoms with E-state index in [4.69, 9.17) is 0 Å². The Bertz CT molecular complexity index is 1130. The van der Waals surface area contributed by atoms with Crippen LogP contribution in [0.5, 0.6) is 0 Å². The van der Waals surface area contributed by atoms with Crippen molar-refractivity contribution in [1.82, 2.24) is 25.1 Å². The fraction of sp³-hybridized carbons (Fsp3) is 0.375. The molecule has 0 saturated heterocycles. The van der Waals surface area contributed by atoms with Crippen LogP contribution in [0.1, 0.15) is 59.9 Å².